The van der Waals surface area contributed by atoms with Gasteiger partial charge in [-0.3, -0.25) is 37.3 Å². The molecule has 0 aromatic rings. The number of esters is 4. The van der Waals surface area contributed by atoms with Crippen LogP contribution in [0.2, 0.25) is 0 Å². The molecular formula is C77H150O17P2. The second-order valence-electron chi connectivity index (χ2n) is 28.5. The average Bonchev–Trinajstić information content (AvgIpc) is 1.12. The van der Waals surface area contributed by atoms with E-state index < -0.39 is 97.5 Å². The first-order chi connectivity index (χ1) is 46.4. The van der Waals surface area contributed by atoms with E-state index in [1.807, 2.05) is 0 Å². The predicted molar refractivity (Wildman–Crippen MR) is 391 cm³/mol. The third-order valence-corrected chi connectivity index (χ3v) is 20.2. The summed E-state index contributed by atoms with van der Waals surface area (Å²) in [5.74, 6) is -0.523. The Bertz CT molecular complexity index is 1860. The number of hydrogen-bond acceptors (Lipinski definition) is 15. The smallest absolute Gasteiger partial charge is 0.462 e. The van der Waals surface area contributed by atoms with Crippen molar-refractivity contribution in [1.29, 1.82) is 0 Å². The number of phosphoric ester groups is 2. The molecule has 0 fully saturated rings. The second-order valence-corrected chi connectivity index (χ2v) is 31.4. The van der Waals surface area contributed by atoms with Gasteiger partial charge in [-0.25, -0.2) is 9.13 Å². The molecule has 3 N–H and O–H groups in total. The van der Waals surface area contributed by atoms with Gasteiger partial charge in [-0.05, 0) is 37.5 Å². The molecule has 0 heterocycles. The lowest BCUT2D eigenvalue weighted by Gasteiger charge is -2.21. The molecule has 0 radical (unpaired) electrons. The predicted octanol–water partition coefficient (Wildman–Crippen LogP) is 22.7. The van der Waals surface area contributed by atoms with Gasteiger partial charge in [0, 0.05) is 25.7 Å². The quantitative estimate of drug-likeness (QED) is 0.0222. The molecule has 0 aromatic carbocycles. The molecule has 6 atom stereocenters. The van der Waals surface area contributed by atoms with Gasteiger partial charge in [-0.2, -0.15) is 0 Å². The van der Waals surface area contributed by atoms with Crippen molar-refractivity contribution < 1.29 is 80.2 Å². The standard InChI is InChI=1S/C77H150O17P2/c1-7-10-12-14-16-18-20-21-22-23-26-29-36-42-48-54-60-75(80)88-66-73(93-76(81)61-55-49-43-37-30-27-24-25-28-33-39-45-51-57-69(4)5)68-92-96(85,86)90-64-71(78)63-89-95(83,84)91-67-72(65-87-74(79)59-53-47-41-35-19-17-15-13-11-8-2)94-77(82)62-56-50-44-38-32-31-34-40-46-52-58-70(6)9-3/h69-73,78H,7-68H2,1-6H3,(H,83,84)(H,85,86)/t70?,71-,72+,73+/m0/s1. The number of rotatable bonds is 76. The Labute approximate surface area is 588 Å². The number of carbonyl (C=O) groups is 4. The topological polar surface area (TPSA) is 237 Å². The Morgan fingerprint density at radius 1 is 0.302 bits per heavy atom. The molecule has 0 spiro atoms. The molecule has 0 aromatic heterocycles. The maximum absolute atomic E-state index is 13.1. The van der Waals surface area contributed by atoms with Crippen LogP contribution < -0.4 is 0 Å². The minimum absolute atomic E-state index is 0.106. The lowest BCUT2D eigenvalue weighted by molar-refractivity contribution is -0.161. The number of hydrogen-bond donors (Lipinski definition) is 3. The van der Waals surface area contributed by atoms with Gasteiger partial charge in [-0.1, -0.05) is 350 Å². The number of carbonyl (C=O) groups excluding carboxylic acids is 4. The maximum Gasteiger partial charge on any atom is 0.472 e. The molecule has 19 heteroatoms. The van der Waals surface area contributed by atoms with Crippen LogP contribution in [0, 0.1) is 11.8 Å². The lowest BCUT2D eigenvalue weighted by Crippen LogP contribution is -2.30. The van der Waals surface area contributed by atoms with Gasteiger partial charge < -0.3 is 33.8 Å². The van der Waals surface area contributed by atoms with Gasteiger partial charge in [0.25, 0.3) is 0 Å². The van der Waals surface area contributed by atoms with Crippen LogP contribution in [0.15, 0.2) is 0 Å². The maximum atomic E-state index is 13.1. The Morgan fingerprint density at radius 2 is 0.531 bits per heavy atom. The van der Waals surface area contributed by atoms with E-state index in [1.54, 1.807) is 0 Å². The molecule has 570 valence electrons. The molecule has 3 unspecified atom stereocenters. The first-order valence-electron chi connectivity index (χ1n) is 40.0. The molecule has 0 aliphatic carbocycles. The van der Waals surface area contributed by atoms with Crippen molar-refractivity contribution in [1.82, 2.24) is 0 Å². The normalized spacial score (nSPS) is 14.3. The molecule has 0 saturated heterocycles. The van der Waals surface area contributed by atoms with E-state index in [1.165, 1.54) is 218 Å². The van der Waals surface area contributed by atoms with Crippen LogP contribution in [0.1, 0.15) is 401 Å². The Kier molecular flexibility index (Phi) is 67.4. The average molecular weight is 1410 g/mol. The van der Waals surface area contributed by atoms with Gasteiger partial charge >= 0.3 is 39.5 Å². The highest BCUT2D eigenvalue weighted by Crippen LogP contribution is 2.45. The fourth-order valence-electron chi connectivity index (χ4n) is 11.8. The third kappa shape index (κ3) is 69.2. The first-order valence-corrected chi connectivity index (χ1v) is 43.0. The summed E-state index contributed by atoms with van der Waals surface area (Å²) in [6.07, 6.45) is 56.7. The molecule has 0 aliphatic heterocycles. The van der Waals surface area contributed by atoms with Crippen molar-refractivity contribution in [3.63, 3.8) is 0 Å². The molecule has 17 nitrogen and oxygen atoms in total. The number of phosphoric acid groups is 2. The second kappa shape index (κ2) is 68.8. The fraction of sp³-hybridized carbons (Fsp3) is 0.948. The fourth-order valence-corrected chi connectivity index (χ4v) is 13.4. The highest BCUT2D eigenvalue weighted by atomic mass is 31.2. The van der Waals surface area contributed by atoms with Crippen molar-refractivity contribution in [3.8, 4) is 0 Å². The van der Waals surface area contributed by atoms with Crippen LogP contribution in [-0.2, 0) is 65.4 Å². The zero-order valence-electron chi connectivity index (χ0n) is 62.7. The lowest BCUT2D eigenvalue weighted by atomic mass is 9.99. The summed E-state index contributed by atoms with van der Waals surface area (Å²) in [5, 5.41) is 10.6. The van der Waals surface area contributed by atoms with Crippen molar-refractivity contribution in [2.45, 2.75) is 419 Å². The first kappa shape index (κ1) is 94.1. The van der Waals surface area contributed by atoms with Gasteiger partial charge in [0.15, 0.2) is 12.2 Å². The van der Waals surface area contributed by atoms with E-state index in [2.05, 4.69) is 41.5 Å². The zero-order valence-corrected chi connectivity index (χ0v) is 64.5. The zero-order chi connectivity index (χ0) is 70.7. The van der Waals surface area contributed by atoms with E-state index in [4.69, 9.17) is 37.0 Å². The largest absolute Gasteiger partial charge is 0.472 e. The monoisotopic (exact) mass is 1410 g/mol. The van der Waals surface area contributed by atoms with Crippen LogP contribution in [-0.4, -0.2) is 96.7 Å². The van der Waals surface area contributed by atoms with E-state index in [0.717, 1.165) is 102 Å². The Balaban J connectivity index is 5.25. The number of aliphatic hydroxyl groups excluding tert-OH is 1. The summed E-state index contributed by atoms with van der Waals surface area (Å²) >= 11 is 0. The summed E-state index contributed by atoms with van der Waals surface area (Å²) in [5.41, 5.74) is 0. The van der Waals surface area contributed by atoms with Crippen molar-refractivity contribution in [3.05, 3.63) is 0 Å². The summed E-state index contributed by atoms with van der Waals surface area (Å²) < 4.78 is 68.6. The van der Waals surface area contributed by atoms with Crippen molar-refractivity contribution in [2.24, 2.45) is 11.8 Å². The molecule has 0 aliphatic rings. The van der Waals surface area contributed by atoms with Crippen molar-refractivity contribution >= 4 is 39.5 Å². The molecule has 0 bridgehead atoms. The van der Waals surface area contributed by atoms with Crippen LogP contribution in [0.4, 0.5) is 0 Å². The molecular weight excluding hydrogens is 1260 g/mol. The van der Waals surface area contributed by atoms with Gasteiger partial charge in [-0.15, -0.1) is 0 Å². The SMILES string of the molecule is CCCCCCCCCCCCCCCCCCC(=O)OC[C@H](COP(=O)(O)OC[C@@H](O)COP(=O)(O)OC[C@@H](COC(=O)CCCCCCCCCCCC)OC(=O)CCCCCCCCCCCCC(C)CC)OC(=O)CCCCCCCCCCCCCCCC(C)C. The van der Waals surface area contributed by atoms with Crippen LogP contribution in [0.25, 0.3) is 0 Å². The van der Waals surface area contributed by atoms with E-state index in [9.17, 15) is 43.2 Å². The Morgan fingerprint density at radius 3 is 0.792 bits per heavy atom. The summed E-state index contributed by atoms with van der Waals surface area (Å²) in [7, 11) is -9.91. The number of ether oxygens (including phenoxy) is 4. The highest BCUT2D eigenvalue weighted by Gasteiger charge is 2.30. The third-order valence-electron chi connectivity index (χ3n) is 18.3. The van der Waals surface area contributed by atoms with Gasteiger partial charge in [0.2, 0.25) is 0 Å². The molecule has 0 saturated carbocycles. The minimum atomic E-state index is -4.96. The molecule has 0 rings (SSSR count). The van der Waals surface area contributed by atoms with Crippen LogP contribution in [0.3, 0.4) is 0 Å². The molecule has 0 amide bonds. The van der Waals surface area contributed by atoms with Gasteiger partial charge in [0.1, 0.15) is 19.3 Å². The minimum Gasteiger partial charge on any atom is -0.462 e. The van der Waals surface area contributed by atoms with E-state index >= 15 is 0 Å². The Hall–Kier alpha value is -1.94. The number of aliphatic hydroxyl groups is 1. The van der Waals surface area contributed by atoms with E-state index in [-0.39, 0.29) is 25.7 Å². The van der Waals surface area contributed by atoms with Crippen molar-refractivity contribution in [2.75, 3.05) is 39.6 Å². The van der Waals surface area contributed by atoms with E-state index in [0.29, 0.717) is 25.7 Å². The summed E-state index contributed by atoms with van der Waals surface area (Å²) in [6, 6.07) is 0. The van der Waals surface area contributed by atoms with Crippen LogP contribution >= 0.6 is 15.6 Å². The summed E-state index contributed by atoms with van der Waals surface area (Å²) in [6.45, 7) is 9.64. The highest BCUT2D eigenvalue weighted by molar-refractivity contribution is 7.47. The number of unbranched alkanes of at least 4 members (excludes halogenated alkanes) is 45. The molecule has 96 heavy (non-hydrogen) atoms. The summed E-state index contributed by atoms with van der Waals surface area (Å²) in [4.78, 5) is 72.9. The van der Waals surface area contributed by atoms with Gasteiger partial charge in [0.05, 0.1) is 26.4 Å². The van der Waals surface area contributed by atoms with Crippen LogP contribution in [0.5, 0.6) is 0 Å².